The van der Waals surface area contributed by atoms with Gasteiger partial charge in [0.25, 0.3) is 0 Å². The van der Waals surface area contributed by atoms with Gasteiger partial charge in [0.15, 0.2) is 0 Å². The molecule has 0 aliphatic heterocycles. The minimum absolute atomic E-state index is 0.417. The van der Waals surface area contributed by atoms with Crippen LogP contribution in [0.3, 0.4) is 0 Å². The molecule has 0 spiro atoms. The number of benzene rings is 1. The monoisotopic (exact) mass is 208 g/mol. The Morgan fingerprint density at radius 3 is 2.47 bits per heavy atom. The van der Waals surface area contributed by atoms with Gasteiger partial charge >= 0.3 is 0 Å². The zero-order valence-electron chi connectivity index (χ0n) is 8.57. The van der Waals surface area contributed by atoms with Gasteiger partial charge in [0, 0.05) is 5.56 Å². The van der Waals surface area contributed by atoms with Crippen LogP contribution in [0.25, 0.3) is 0 Å². The number of hydrogen-bond donors (Lipinski definition) is 0. The molecule has 2 rings (SSSR count). The van der Waals surface area contributed by atoms with Crippen LogP contribution in [0.15, 0.2) is 24.3 Å². The van der Waals surface area contributed by atoms with Crippen molar-refractivity contribution in [2.45, 2.75) is 31.5 Å². The third kappa shape index (κ3) is 2.17. The second-order valence-electron chi connectivity index (χ2n) is 3.98. The van der Waals surface area contributed by atoms with E-state index in [4.69, 9.17) is 4.74 Å². The summed E-state index contributed by atoms with van der Waals surface area (Å²) in [6.45, 7) is 1.74. The Balaban J connectivity index is 2.01. The Hall–Kier alpha value is -1.38. The number of aldehydes is 1. The summed E-state index contributed by atoms with van der Waals surface area (Å²) in [6.07, 6.45) is 1.52. The lowest BCUT2D eigenvalue weighted by Gasteiger charge is -2.17. The van der Waals surface area contributed by atoms with Gasteiger partial charge in [-0.2, -0.15) is 0 Å². The standard InChI is InChI=1S/C12H13FO2/c1-9(12(13)6-7-12)15-11-4-2-10(8-14)3-5-11/h2-5,8-9H,6-7H2,1H3. The fraction of sp³-hybridized carbons (Fsp3) is 0.417. The largest absolute Gasteiger partial charge is 0.487 e. The first kappa shape index (κ1) is 10.1. The predicted molar refractivity (Wildman–Crippen MR) is 55.0 cm³/mol. The van der Waals surface area contributed by atoms with Crippen LogP contribution in [-0.4, -0.2) is 18.1 Å². The van der Waals surface area contributed by atoms with E-state index in [1.807, 2.05) is 0 Å². The van der Waals surface area contributed by atoms with Crippen LogP contribution in [0.5, 0.6) is 5.75 Å². The maximum Gasteiger partial charge on any atom is 0.150 e. The van der Waals surface area contributed by atoms with Gasteiger partial charge in [-0.15, -0.1) is 0 Å². The van der Waals surface area contributed by atoms with Crippen molar-refractivity contribution in [3.8, 4) is 5.75 Å². The summed E-state index contributed by atoms with van der Waals surface area (Å²) in [5.74, 6) is 0.608. The maximum absolute atomic E-state index is 13.5. The number of alkyl halides is 1. The molecule has 1 saturated carbocycles. The quantitative estimate of drug-likeness (QED) is 0.711. The van der Waals surface area contributed by atoms with Crippen molar-refractivity contribution in [3.05, 3.63) is 29.8 Å². The van der Waals surface area contributed by atoms with Crippen LogP contribution in [0.1, 0.15) is 30.1 Å². The molecule has 0 saturated heterocycles. The molecule has 1 atom stereocenters. The molecule has 0 aromatic heterocycles. The molecule has 0 N–H and O–H groups in total. The van der Waals surface area contributed by atoms with Crippen LogP contribution < -0.4 is 4.74 Å². The average Bonchev–Trinajstić information content (AvgIpc) is 2.99. The van der Waals surface area contributed by atoms with Gasteiger partial charge in [-0.05, 0) is 44.0 Å². The van der Waals surface area contributed by atoms with Crippen molar-refractivity contribution < 1.29 is 13.9 Å². The van der Waals surface area contributed by atoms with Gasteiger partial charge < -0.3 is 4.74 Å². The minimum Gasteiger partial charge on any atom is -0.487 e. The SMILES string of the molecule is CC(Oc1ccc(C=O)cc1)C1(F)CC1. The molecule has 15 heavy (non-hydrogen) atoms. The molecule has 0 radical (unpaired) electrons. The molecule has 1 aliphatic rings. The van der Waals surface area contributed by atoms with Crippen LogP contribution in [0.4, 0.5) is 4.39 Å². The molecule has 0 amide bonds. The second kappa shape index (κ2) is 3.65. The fourth-order valence-electron chi connectivity index (χ4n) is 1.46. The summed E-state index contributed by atoms with van der Waals surface area (Å²) >= 11 is 0. The van der Waals surface area contributed by atoms with Gasteiger partial charge in [-0.1, -0.05) is 0 Å². The Morgan fingerprint density at radius 2 is 2.00 bits per heavy atom. The summed E-state index contributed by atoms with van der Waals surface area (Å²) in [6, 6.07) is 6.69. The molecule has 1 aliphatic carbocycles. The topological polar surface area (TPSA) is 26.3 Å². The summed E-state index contributed by atoms with van der Waals surface area (Å²) in [5.41, 5.74) is -0.542. The molecule has 80 valence electrons. The first-order valence-electron chi connectivity index (χ1n) is 5.05. The summed E-state index contributed by atoms with van der Waals surface area (Å²) in [4.78, 5) is 10.4. The van der Waals surface area contributed by atoms with E-state index in [-0.39, 0.29) is 0 Å². The minimum atomic E-state index is -1.14. The van der Waals surface area contributed by atoms with Crippen molar-refractivity contribution in [2.75, 3.05) is 0 Å². The number of carbonyl (C=O) groups excluding carboxylic acids is 1. The fourth-order valence-corrected chi connectivity index (χ4v) is 1.46. The third-order valence-electron chi connectivity index (χ3n) is 2.79. The van der Waals surface area contributed by atoms with Crippen molar-refractivity contribution in [3.63, 3.8) is 0 Å². The molecule has 1 unspecified atom stereocenters. The van der Waals surface area contributed by atoms with E-state index in [1.165, 1.54) is 0 Å². The highest BCUT2D eigenvalue weighted by Gasteiger charge is 2.49. The van der Waals surface area contributed by atoms with Gasteiger partial charge in [0.05, 0.1) is 0 Å². The summed E-state index contributed by atoms with van der Waals surface area (Å²) in [5, 5.41) is 0. The van der Waals surface area contributed by atoms with Crippen LogP contribution in [-0.2, 0) is 0 Å². The Labute approximate surface area is 88.1 Å². The molecular weight excluding hydrogens is 195 g/mol. The van der Waals surface area contributed by atoms with Crippen LogP contribution in [0, 0.1) is 0 Å². The van der Waals surface area contributed by atoms with Gasteiger partial charge in [0.2, 0.25) is 0 Å². The molecule has 0 heterocycles. The molecule has 0 bridgehead atoms. The third-order valence-corrected chi connectivity index (χ3v) is 2.79. The van der Waals surface area contributed by atoms with E-state index in [1.54, 1.807) is 31.2 Å². The van der Waals surface area contributed by atoms with Crippen molar-refractivity contribution in [1.29, 1.82) is 0 Å². The van der Waals surface area contributed by atoms with Gasteiger partial charge in [-0.3, -0.25) is 4.79 Å². The highest BCUT2D eigenvalue weighted by Crippen LogP contribution is 2.44. The molecule has 3 heteroatoms. The van der Waals surface area contributed by atoms with E-state index in [9.17, 15) is 9.18 Å². The summed E-state index contributed by atoms with van der Waals surface area (Å²) < 4.78 is 19.0. The lowest BCUT2D eigenvalue weighted by atomic mass is 10.2. The number of ether oxygens (including phenoxy) is 1. The lowest BCUT2D eigenvalue weighted by Crippen LogP contribution is -2.26. The zero-order valence-corrected chi connectivity index (χ0v) is 8.57. The number of rotatable bonds is 4. The van der Waals surface area contributed by atoms with E-state index < -0.39 is 11.8 Å². The number of hydrogen-bond acceptors (Lipinski definition) is 2. The van der Waals surface area contributed by atoms with Crippen molar-refractivity contribution in [1.82, 2.24) is 0 Å². The van der Waals surface area contributed by atoms with Gasteiger partial charge in [0.1, 0.15) is 23.8 Å². The van der Waals surface area contributed by atoms with E-state index in [2.05, 4.69) is 0 Å². The molecule has 1 aromatic carbocycles. The van der Waals surface area contributed by atoms with Crippen molar-refractivity contribution >= 4 is 6.29 Å². The Morgan fingerprint density at radius 1 is 1.40 bits per heavy atom. The van der Waals surface area contributed by atoms with Crippen LogP contribution in [0.2, 0.25) is 0 Å². The predicted octanol–water partition coefficient (Wildman–Crippen LogP) is 2.77. The first-order valence-corrected chi connectivity index (χ1v) is 5.05. The highest BCUT2D eigenvalue weighted by molar-refractivity contribution is 5.74. The van der Waals surface area contributed by atoms with E-state index >= 15 is 0 Å². The Kier molecular flexibility index (Phi) is 2.47. The normalized spacial score (nSPS) is 19.3. The molecule has 2 nitrogen and oxygen atoms in total. The first-order chi connectivity index (χ1) is 7.14. The molecule has 1 fully saturated rings. The highest BCUT2D eigenvalue weighted by atomic mass is 19.1. The van der Waals surface area contributed by atoms with E-state index in [0.29, 0.717) is 24.2 Å². The number of carbonyl (C=O) groups is 1. The maximum atomic E-state index is 13.5. The Bertz CT molecular complexity index is 354. The van der Waals surface area contributed by atoms with Gasteiger partial charge in [-0.25, -0.2) is 4.39 Å². The lowest BCUT2D eigenvalue weighted by molar-refractivity contribution is 0.0970. The molecule has 1 aromatic rings. The zero-order chi connectivity index (χ0) is 10.9. The summed E-state index contributed by atoms with van der Waals surface area (Å²) in [7, 11) is 0. The average molecular weight is 208 g/mol. The number of halogens is 1. The van der Waals surface area contributed by atoms with Crippen molar-refractivity contribution in [2.24, 2.45) is 0 Å². The molecular formula is C12H13FO2. The van der Waals surface area contributed by atoms with Crippen LogP contribution >= 0.6 is 0 Å². The second-order valence-corrected chi connectivity index (χ2v) is 3.98. The van der Waals surface area contributed by atoms with E-state index in [0.717, 1.165) is 6.29 Å². The smallest absolute Gasteiger partial charge is 0.150 e.